The number of hydrogen-bond donors (Lipinski definition) is 3. The zero-order valence-electron chi connectivity index (χ0n) is 17.2. The molecule has 5 heterocycles. The number of pyridine rings is 1. The van der Waals surface area contributed by atoms with Gasteiger partial charge in [0.1, 0.15) is 23.2 Å². The molecule has 4 N–H and O–H groups in total. The van der Waals surface area contributed by atoms with Crippen molar-refractivity contribution in [2.75, 3.05) is 40.9 Å². The standard InChI is InChI=1S/C20H23F2N9O/c21-12-7-26-19-16(18(23)28-31(19)10-12)20(32)27-15-9-25-8-14(22)17(15)29-4-1-13(2-5-29)30-6-3-24-11-30/h3,6,8-9,11-13,26H,1-2,4-5,7,10H2,(H2,23,28)(H,27,32). The molecule has 1 atom stereocenters. The highest BCUT2D eigenvalue weighted by Gasteiger charge is 2.30. The second-order valence-corrected chi connectivity index (χ2v) is 7.97. The molecule has 2 aliphatic rings. The fourth-order valence-corrected chi connectivity index (χ4v) is 4.37. The number of rotatable bonds is 4. The van der Waals surface area contributed by atoms with Crippen LogP contribution in [0.1, 0.15) is 29.2 Å². The Bertz CT molecular complexity index is 1120. The fourth-order valence-electron chi connectivity index (χ4n) is 4.37. The molecule has 3 aromatic heterocycles. The van der Waals surface area contributed by atoms with Gasteiger partial charge in [-0.25, -0.2) is 18.4 Å². The van der Waals surface area contributed by atoms with Crippen molar-refractivity contribution in [3.63, 3.8) is 0 Å². The number of nitrogens with zero attached hydrogens (tertiary/aromatic N) is 6. The smallest absolute Gasteiger partial charge is 0.263 e. The third kappa shape index (κ3) is 3.61. The van der Waals surface area contributed by atoms with Crippen molar-refractivity contribution in [3.05, 3.63) is 42.5 Å². The normalized spacial score (nSPS) is 18.8. The van der Waals surface area contributed by atoms with E-state index >= 15 is 0 Å². The van der Waals surface area contributed by atoms with Crippen molar-refractivity contribution in [1.29, 1.82) is 0 Å². The molecule has 0 aliphatic carbocycles. The number of nitrogens with two attached hydrogens (primary N) is 1. The number of piperidine rings is 1. The van der Waals surface area contributed by atoms with Gasteiger partial charge in [0.2, 0.25) is 0 Å². The molecule has 1 amide bonds. The predicted octanol–water partition coefficient (Wildman–Crippen LogP) is 2.05. The molecule has 0 saturated carbocycles. The second-order valence-electron chi connectivity index (χ2n) is 7.97. The fraction of sp³-hybridized carbons (Fsp3) is 0.400. The molecular weight excluding hydrogens is 420 g/mol. The first-order valence-electron chi connectivity index (χ1n) is 10.4. The van der Waals surface area contributed by atoms with Gasteiger partial charge in [0.05, 0.1) is 31.0 Å². The maximum Gasteiger partial charge on any atom is 0.263 e. The van der Waals surface area contributed by atoms with Crippen LogP contribution in [-0.2, 0) is 6.54 Å². The van der Waals surface area contributed by atoms with Crippen LogP contribution >= 0.6 is 0 Å². The van der Waals surface area contributed by atoms with E-state index in [-0.39, 0.29) is 35.8 Å². The van der Waals surface area contributed by atoms with Gasteiger partial charge in [-0.2, -0.15) is 5.10 Å². The van der Waals surface area contributed by atoms with E-state index in [1.54, 1.807) is 12.5 Å². The zero-order chi connectivity index (χ0) is 22.2. The molecule has 5 rings (SSSR count). The molecule has 0 spiro atoms. The third-order valence-electron chi connectivity index (χ3n) is 5.92. The Hall–Kier alpha value is -3.70. The molecule has 12 heteroatoms. The minimum absolute atomic E-state index is 0.0123. The molecule has 0 radical (unpaired) electrons. The molecule has 1 unspecified atom stereocenters. The van der Waals surface area contributed by atoms with E-state index in [1.165, 1.54) is 10.9 Å². The van der Waals surface area contributed by atoms with Gasteiger partial charge < -0.3 is 25.8 Å². The number of nitrogens with one attached hydrogen (secondary N) is 2. The van der Waals surface area contributed by atoms with E-state index in [9.17, 15) is 13.6 Å². The van der Waals surface area contributed by atoms with Crippen molar-refractivity contribution in [3.8, 4) is 0 Å². The lowest BCUT2D eigenvalue weighted by Crippen LogP contribution is -2.35. The van der Waals surface area contributed by atoms with E-state index in [0.29, 0.717) is 24.9 Å². The van der Waals surface area contributed by atoms with Crippen LogP contribution in [0.2, 0.25) is 0 Å². The van der Waals surface area contributed by atoms with Crippen molar-refractivity contribution in [2.24, 2.45) is 0 Å². The lowest BCUT2D eigenvalue weighted by molar-refractivity contribution is 0.102. The highest BCUT2D eigenvalue weighted by Crippen LogP contribution is 2.34. The van der Waals surface area contributed by atoms with E-state index in [4.69, 9.17) is 5.73 Å². The molecule has 2 aliphatic heterocycles. The lowest BCUT2D eigenvalue weighted by atomic mass is 10.0. The molecule has 0 bridgehead atoms. The van der Waals surface area contributed by atoms with Crippen molar-refractivity contribution < 1.29 is 13.6 Å². The van der Waals surface area contributed by atoms with E-state index in [2.05, 4.69) is 30.3 Å². The van der Waals surface area contributed by atoms with Gasteiger partial charge >= 0.3 is 0 Å². The molecule has 168 valence electrons. The number of hydrogen-bond acceptors (Lipinski definition) is 7. The average Bonchev–Trinajstić information content (AvgIpc) is 3.41. The SMILES string of the molecule is Nc1nn2c(c1C(=O)Nc1cncc(F)c1N1CCC(n3ccnc3)CC1)NCC(F)C2. The number of anilines is 4. The van der Waals surface area contributed by atoms with Gasteiger partial charge in [-0.3, -0.25) is 9.78 Å². The Morgan fingerprint density at radius 3 is 2.81 bits per heavy atom. The lowest BCUT2D eigenvalue weighted by Gasteiger charge is -2.35. The maximum absolute atomic E-state index is 14.8. The Balaban J connectivity index is 1.37. The van der Waals surface area contributed by atoms with Gasteiger partial charge in [0.25, 0.3) is 5.91 Å². The summed E-state index contributed by atoms with van der Waals surface area (Å²) in [5, 5.41) is 9.63. The van der Waals surface area contributed by atoms with E-state index < -0.39 is 17.9 Å². The minimum atomic E-state index is -1.12. The molecular formula is C20H23F2N9O. The summed E-state index contributed by atoms with van der Waals surface area (Å²) in [6.45, 7) is 1.29. The van der Waals surface area contributed by atoms with Gasteiger partial charge in [0, 0.05) is 38.1 Å². The quantitative estimate of drug-likeness (QED) is 0.565. The van der Waals surface area contributed by atoms with Crippen LogP contribution in [0.4, 0.5) is 31.8 Å². The Kier molecular flexibility index (Phi) is 5.11. The van der Waals surface area contributed by atoms with Crippen molar-refractivity contribution >= 4 is 28.9 Å². The Morgan fingerprint density at radius 2 is 2.06 bits per heavy atom. The van der Waals surface area contributed by atoms with Gasteiger partial charge in [-0.1, -0.05) is 0 Å². The molecule has 1 fully saturated rings. The van der Waals surface area contributed by atoms with Crippen LogP contribution in [0.25, 0.3) is 0 Å². The predicted molar refractivity (Wildman–Crippen MR) is 115 cm³/mol. The molecule has 10 nitrogen and oxygen atoms in total. The van der Waals surface area contributed by atoms with Crippen LogP contribution in [0.5, 0.6) is 0 Å². The summed E-state index contributed by atoms with van der Waals surface area (Å²) in [7, 11) is 0. The number of aromatic nitrogens is 5. The van der Waals surface area contributed by atoms with Gasteiger partial charge in [-0.05, 0) is 12.8 Å². The minimum Gasteiger partial charge on any atom is -0.381 e. The number of carbonyl (C=O) groups is 1. The summed E-state index contributed by atoms with van der Waals surface area (Å²) in [6, 6.07) is 0.292. The number of fused-ring (bicyclic) bond motifs is 1. The monoisotopic (exact) mass is 443 g/mol. The summed E-state index contributed by atoms with van der Waals surface area (Å²) < 4.78 is 31.9. The molecule has 32 heavy (non-hydrogen) atoms. The Labute approximate surface area is 182 Å². The Morgan fingerprint density at radius 1 is 1.25 bits per heavy atom. The largest absolute Gasteiger partial charge is 0.381 e. The summed E-state index contributed by atoms with van der Waals surface area (Å²) in [6.07, 6.45) is 8.49. The van der Waals surface area contributed by atoms with Gasteiger partial charge in [-0.15, -0.1) is 0 Å². The first kappa shape index (κ1) is 20.2. The van der Waals surface area contributed by atoms with Gasteiger partial charge in [0.15, 0.2) is 11.6 Å². The average molecular weight is 443 g/mol. The number of halogens is 2. The number of amides is 1. The second kappa shape index (κ2) is 8.09. The van der Waals surface area contributed by atoms with Crippen LogP contribution in [0, 0.1) is 5.82 Å². The molecule has 0 aromatic carbocycles. The van der Waals surface area contributed by atoms with Crippen LogP contribution in [-0.4, -0.2) is 56.0 Å². The van der Waals surface area contributed by atoms with Crippen molar-refractivity contribution in [1.82, 2.24) is 24.3 Å². The first-order chi connectivity index (χ1) is 15.5. The first-order valence-corrected chi connectivity index (χ1v) is 10.4. The maximum atomic E-state index is 14.8. The summed E-state index contributed by atoms with van der Waals surface area (Å²) in [5.41, 5.74) is 6.56. The number of alkyl halides is 1. The van der Waals surface area contributed by atoms with Crippen LogP contribution in [0.3, 0.4) is 0 Å². The number of nitrogen functional groups attached to an aromatic ring is 1. The van der Waals surface area contributed by atoms with E-state index in [1.807, 2.05) is 11.1 Å². The third-order valence-corrected chi connectivity index (χ3v) is 5.92. The van der Waals surface area contributed by atoms with E-state index in [0.717, 1.165) is 19.0 Å². The number of carbonyl (C=O) groups excluding carboxylic acids is 1. The zero-order valence-corrected chi connectivity index (χ0v) is 17.2. The molecule has 3 aromatic rings. The summed E-state index contributed by atoms with van der Waals surface area (Å²) in [5.74, 6) is -0.755. The highest BCUT2D eigenvalue weighted by atomic mass is 19.1. The summed E-state index contributed by atoms with van der Waals surface area (Å²) in [4.78, 5) is 22.9. The van der Waals surface area contributed by atoms with Crippen molar-refractivity contribution in [2.45, 2.75) is 31.6 Å². The summed E-state index contributed by atoms with van der Waals surface area (Å²) >= 11 is 0. The number of imidazole rings is 1. The van der Waals surface area contributed by atoms with Crippen LogP contribution < -0.4 is 21.3 Å². The topological polar surface area (TPSA) is 119 Å². The van der Waals surface area contributed by atoms with Crippen LogP contribution in [0.15, 0.2) is 31.1 Å². The molecule has 1 saturated heterocycles. The highest BCUT2D eigenvalue weighted by molar-refractivity contribution is 6.12.